The molecule has 4 nitrogen and oxygen atoms in total. The van der Waals surface area contributed by atoms with Gasteiger partial charge in [0.05, 0.1) is 17.8 Å². The molecule has 1 aliphatic rings. The van der Waals surface area contributed by atoms with E-state index in [9.17, 15) is 4.79 Å². The first-order valence-electron chi connectivity index (χ1n) is 3.40. The molecule has 1 aliphatic heterocycles. The number of nitrogens with one attached hydrogen (secondary N) is 1. The molecule has 0 radical (unpaired) electrons. The highest BCUT2D eigenvalue weighted by molar-refractivity contribution is 5.97. The molecular formula is C7H8N2O2. The van der Waals surface area contributed by atoms with E-state index in [4.69, 9.17) is 5.11 Å². The van der Waals surface area contributed by atoms with Crippen LogP contribution in [0.15, 0.2) is 12.3 Å². The molecule has 1 aromatic rings. The van der Waals surface area contributed by atoms with Crippen LogP contribution in [0.1, 0.15) is 16.1 Å². The van der Waals surface area contributed by atoms with E-state index in [0.717, 1.165) is 5.69 Å². The van der Waals surface area contributed by atoms with Crippen molar-refractivity contribution in [2.75, 3.05) is 0 Å². The van der Waals surface area contributed by atoms with E-state index in [1.54, 1.807) is 16.8 Å². The highest BCUT2D eigenvalue weighted by atomic mass is 16.3. The summed E-state index contributed by atoms with van der Waals surface area (Å²) in [7, 11) is 0. The van der Waals surface area contributed by atoms with Crippen molar-refractivity contribution in [2.45, 2.75) is 13.3 Å². The highest BCUT2D eigenvalue weighted by Crippen LogP contribution is 2.15. The minimum Gasteiger partial charge on any atom is -0.376 e. The van der Waals surface area contributed by atoms with E-state index in [1.165, 1.54) is 0 Å². The van der Waals surface area contributed by atoms with Crippen LogP contribution in [0, 0.1) is 0 Å². The second kappa shape index (κ2) is 2.10. The lowest BCUT2D eigenvalue weighted by Crippen LogP contribution is -2.13. The fourth-order valence-corrected chi connectivity index (χ4v) is 1.30. The van der Waals surface area contributed by atoms with Gasteiger partial charge in [-0.15, -0.1) is 0 Å². The van der Waals surface area contributed by atoms with Crippen LogP contribution in [-0.2, 0) is 13.3 Å². The number of amides is 1. The van der Waals surface area contributed by atoms with Crippen molar-refractivity contribution in [3.05, 3.63) is 23.5 Å². The van der Waals surface area contributed by atoms with Gasteiger partial charge in [-0.1, -0.05) is 0 Å². The van der Waals surface area contributed by atoms with Gasteiger partial charge in [-0.2, -0.15) is 0 Å². The Morgan fingerprint density at radius 1 is 1.73 bits per heavy atom. The summed E-state index contributed by atoms with van der Waals surface area (Å²) < 4.78 is 1.65. The zero-order valence-corrected chi connectivity index (χ0v) is 5.87. The summed E-state index contributed by atoms with van der Waals surface area (Å²) in [4.78, 5) is 11.0. The number of aliphatic hydroxyl groups is 1. The summed E-state index contributed by atoms with van der Waals surface area (Å²) in [5.41, 5.74) is 1.55. The molecule has 2 rings (SSSR count). The van der Waals surface area contributed by atoms with Gasteiger partial charge in [-0.05, 0) is 6.07 Å². The molecule has 1 amide bonds. The van der Waals surface area contributed by atoms with Crippen molar-refractivity contribution in [1.29, 1.82) is 0 Å². The van der Waals surface area contributed by atoms with Gasteiger partial charge in [0, 0.05) is 6.20 Å². The molecule has 11 heavy (non-hydrogen) atoms. The molecule has 0 aromatic carbocycles. The zero-order valence-electron chi connectivity index (χ0n) is 5.87. The summed E-state index contributed by atoms with van der Waals surface area (Å²) in [6, 6.07) is 1.72. The van der Waals surface area contributed by atoms with E-state index in [2.05, 4.69) is 5.32 Å². The summed E-state index contributed by atoms with van der Waals surface area (Å²) in [6.07, 6.45) is 1.71. The van der Waals surface area contributed by atoms with E-state index in [1.807, 2.05) is 0 Å². The number of hydrogen-bond donors (Lipinski definition) is 2. The van der Waals surface area contributed by atoms with Gasteiger partial charge in [0.15, 0.2) is 0 Å². The van der Waals surface area contributed by atoms with Gasteiger partial charge in [0.2, 0.25) is 0 Å². The van der Waals surface area contributed by atoms with Crippen LogP contribution in [0.3, 0.4) is 0 Å². The van der Waals surface area contributed by atoms with Crippen molar-refractivity contribution in [3.63, 3.8) is 0 Å². The predicted octanol–water partition coefficient (Wildman–Crippen LogP) is -0.319. The largest absolute Gasteiger partial charge is 0.376 e. The van der Waals surface area contributed by atoms with E-state index in [-0.39, 0.29) is 12.6 Å². The highest BCUT2D eigenvalue weighted by Gasteiger charge is 2.21. The Morgan fingerprint density at radius 2 is 2.55 bits per heavy atom. The van der Waals surface area contributed by atoms with Crippen molar-refractivity contribution in [3.8, 4) is 0 Å². The Morgan fingerprint density at radius 3 is 3.27 bits per heavy atom. The average Bonchev–Trinajstić information content (AvgIpc) is 2.53. The fraction of sp³-hybridized carbons (Fsp3) is 0.286. The number of carbonyl (C=O) groups excluding carboxylic acids is 1. The first-order chi connectivity index (χ1) is 5.33. The molecule has 0 bridgehead atoms. The Hall–Kier alpha value is -1.29. The third-order valence-corrected chi connectivity index (χ3v) is 1.89. The van der Waals surface area contributed by atoms with Crippen LogP contribution in [0.25, 0.3) is 0 Å². The van der Waals surface area contributed by atoms with Gasteiger partial charge >= 0.3 is 0 Å². The minimum absolute atomic E-state index is 0.0489. The molecule has 0 aliphatic carbocycles. The SMILES string of the molecule is O=C1NCc2c1ccn2CO. The van der Waals surface area contributed by atoms with Gasteiger partial charge in [-0.25, -0.2) is 0 Å². The predicted molar refractivity (Wildman–Crippen MR) is 37.8 cm³/mol. The van der Waals surface area contributed by atoms with Crippen molar-refractivity contribution in [2.24, 2.45) is 0 Å². The summed E-state index contributed by atoms with van der Waals surface area (Å²) >= 11 is 0. The third-order valence-electron chi connectivity index (χ3n) is 1.89. The topological polar surface area (TPSA) is 54.3 Å². The van der Waals surface area contributed by atoms with Crippen LogP contribution in [0.4, 0.5) is 0 Å². The van der Waals surface area contributed by atoms with Crippen molar-refractivity contribution >= 4 is 5.91 Å². The number of rotatable bonds is 1. The second-order valence-electron chi connectivity index (χ2n) is 2.47. The Balaban J connectivity index is 2.52. The summed E-state index contributed by atoms with van der Waals surface area (Å²) in [5.74, 6) is -0.0489. The number of nitrogens with zero attached hydrogens (tertiary/aromatic N) is 1. The molecule has 0 fully saturated rings. The van der Waals surface area contributed by atoms with Crippen LogP contribution >= 0.6 is 0 Å². The Kier molecular flexibility index (Phi) is 1.22. The minimum atomic E-state index is -0.0652. The second-order valence-corrected chi connectivity index (χ2v) is 2.47. The van der Waals surface area contributed by atoms with Gasteiger partial charge in [0.25, 0.3) is 5.91 Å². The molecule has 0 unspecified atom stereocenters. The first-order valence-corrected chi connectivity index (χ1v) is 3.40. The molecular weight excluding hydrogens is 144 g/mol. The van der Waals surface area contributed by atoms with Crippen LogP contribution in [0.2, 0.25) is 0 Å². The van der Waals surface area contributed by atoms with E-state index < -0.39 is 0 Å². The Labute approximate surface area is 63.4 Å². The number of aliphatic hydroxyl groups excluding tert-OH is 1. The molecule has 4 heteroatoms. The normalized spacial score (nSPS) is 14.8. The molecule has 2 N–H and O–H groups in total. The van der Waals surface area contributed by atoms with Gasteiger partial charge in [0.1, 0.15) is 6.73 Å². The van der Waals surface area contributed by atoms with Crippen LogP contribution in [-0.4, -0.2) is 15.6 Å². The maximum Gasteiger partial charge on any atom is 0.253 e. The lowest BCUT2D eigenvalue weighted by Gasteiger charge is -1.99. The van der Waals surface area contributed by atoms with Crippen molar-refractivity contribution < 1.29 is 9.90 Å². The van der Waals surface area contributed by atoms with E-state index >= 15 is 0 Å². The molecule has 0 atom stereocenters. The molecule has 0 saturated heterocycles. The maximum atomic E-state index is 11.0. The third kappa shape index (κ3) is 0.760. The molecule has 1 aromatic heterocycles. The van der Waals surface area contributed by atoms with Crippen LogP contribution in [0.5, 0.6) is 0 Å². The fourth-order valence-electron chi connectivity index (χ4n) is 1.30. The quantitative estimate of drug-likeness (QED) is 0.579. The number of fused-ring (bicyclic) bond motifs is 1. The number of hydrogen-bond acceptors (Lipinski definition) is 2. The molecule has 0 spiro atoms. The average molecular weight is 152 g/mol. The first kappa shape index (κ1) is 6.42. The van der Waals surface area contributed by atoms with E-state index in [0.29, 0.717) is 12.1 Å². The lowest BCUT2D eigenvalue weighted by atomic mass is 10.3. The lowest BCUT2D eigenvalue weighted by molar-refractivity contribution is 0.0965. The smallest absolute Gasteiger partial charge is 0.253 e. The van der Waals surface area contributed by atoms with Gasteiger partial charge in [-0.3, -0.25) is 4.79 Å². The standard InChI is InChI=1S/C7H8N2O2/c10-4-9-2-1-5-6(9)3-8-7(5)11/h1-2,10H,3-4H2,(H,8,11). The summed E-state index contributed by atoms with van der Waals surface area (Å²) in [5, 5.41) is 11.5. The molecule has 2 heterocycles. The summed E-state index contributed by atoms with van der Waals surface area (Å²) in [6.45, 7) is 0.464. The molecule has 58 valence electrons. The van der Waals surface area contributed by atoms with Gasteiger partial charge < -0.3 is 15.0 Å². The number of aromatic nitrogens is 1. The maximum absolute atomic E-state index is 11.0. The van der Waals surface area contributed by atoms with Crippen molar-refractivity contribution in [1.82, 2.24) is 9.88 Å². The molecule has 0 saturated carbocycles. The number of carbonyl (C=O) groups is 1. The monoisotopic (exact) mass is 152 g/mol. The zero-order chi connectivity index (χ0) is 7.84. The Bertz CT molecular complexity index is 303. The van der Waals surface area contributed by atoms with Crippen LogP contribution < -0.4 is 5.32 Å².